The van der Waals surface area contributed by atoms with E-state index in [1.807, 2.05) is 25.1 Å². The van der Waals surface area contributed by atoms with Crippen LogP contribution in [-0.2, 0) is 0 Å². The van der Waals surface area contributed by atoms with Gasteiger partial charge in [0.05, 0.1) is 0 Å². The van der Waals surface area contributed by atoms with Gasteiger partial charge in [-0.15, -0.1) is 0 Å². The number of carbonyl (C=O) groups excluding carboxylic acids is 2. The van der Waals surface area contributed by atoms with Crippen LogP contribution >= 0.6 is 0 Å². The Hall–Kier alpha value is -2.66. The minimum Gasteiger partial charge on any atom is -0.351 e. The molecule has 0 bridgehead atoms. The van der Waals surface area contributed by atoms with Gasteiger partial charge in [-0.05, 0) is 61.3 Å². The second-order valence-electron chi connectivity index (χ2n) is 8.21. The Morgan fingerprint density at radius 2 is 1.31 bits per heavy atom. The summed E-state index contributed by atoms with van der Waals surface area (Å²) in [4.78, 5) is 27.1. The molecule has 2 amide bonds. The van der Waals surface area contributed by atoms with Crippen LogP contribution in [0.2, 0.25) is 0 Å². The fourth-order valence-corrected chi connectivity index (χ4v) is 3.15. The molecule has 0 saturated carbocycles. The minimum atomic E-state index is -0.167. The third-order valence-corrected chi connectivity index (χ3v) is 4.87. The van der Waals surface area contributed by atoms with E-state index >= 15 is 0 Å². The molecular formula is C24H33N3O2. The van der Waals surface area contributed by atoms with Gasteiger partial charge < -0.3 is 15.5 Å². The van der Waals surface area contributed by atoms with Crippen LogP contribution in [-0.4, -0.2) is 43.9 Å². The average molecular weight is 396 g/mol. The molecule has 2 rings (SSSR count). The molecule has 0 aromatic heterocycles. The Labute approximate surface area is 174 Å². The topological polar surface area (TPSA) is 61.4 Å². The van der Waals surface area contributed by atoms with Crippen LogP contribution in [0, 0.1) is 0 Å². The van der Waals surface area contributed by atoms with Gasteiger partial charge in [-0.2, -0.15) is 0 Å². The van der Waals surface area contributed by atoms with Gasteiger partial charge >= 0.3 is 0 Å². The van der Waals surface area contributed by atoms with Crippen LogP contribution < -0.4 is 10.6 Å². The number of nitrogens with one attached hydrogen (secondary N) is 2. The van der Waals surface area contributed by atoms with Crippen molar-refractivity contribution in [2.75, 3.05) is 32.5 Å². The molecule has 0 spiro atoms. The highest BCUT2D eigenvalue weighted by atomic mass is 16.2. The van der Waals surface area contributed by atoms with Gasteiger partial charge in [0.15, 0.2) is 0 Å². The first-order valence-electron chi connectivity index (χ1n) is 10.2. The normalized spacial score (nSPS) is 11.2. The molecule has 0 aliphatic carbocycles. The van der Waals surface area contributed by atoms with Crippen molar-refractivity contribution < 1.29 is 9.59 Å². The SMILES string of the molecule is CC(C)c1cccc(C(C)C)c1NC(=O)c1ccc(C(=O)NCCN(C)C)cc1. The number of anilines is 1. The predicted octanol–water partition coefficient (Wildman–Crippen LogP) is 4.48. The molecule has 0 saturated heterocycles. The zero-order valence-corrected chi connectivity index (χ0v) is 18.4. The van der Waals surface area contributed by atoms with Crippen molar-refractivity contribution in [2.24, 2.45) is 0 Å². The lowest BCUT2D eigenvalue weighted by molar-refractivity contribution is 0.0949. The van der Waals surface area contributed by atoms with Crippen molar-refractivity contribution in [2.45, 2.75) is 39.5 Å². The van der Waals surface area contributed by atoms with Crippen LogP contribution in [0.5, 0.6) is 0 Å². The zero-order valence-electron chi connectivity index (χ0n) is 18.4. The number of likely N-dealkylation sites (N-methyl/N-ethyl adjacent to an activating group) is 1. The molecule has 2 aromatic carbocycles. The number of para-hydroxylation sites is 1. The first-order chi connectivity index (χ1) is 13.7. The zero-order chi connectivity index (χ0) is 21.6. The number of nitrogens with zero attached hydrogens (tertiary/aromatic N) is 1. The van der Waals surface area contributed by atoms with Crippen LogP contribution in [0.15, 0.2) is 42.5 Å². The number of hydrogen-bond acceptors (Lipinski definition) is 3. The van der Waals surface area contributed by atoms with Gasteiger partial charge in [-0.3, -0.25) is 9.59 Å². The number of rotatable bonds is 8. The average Bonchev–Trinajstić information content (AvgIpc) is 2.67. The van der Waals surface area contributed by atoms with E-state index in [9.17, 15) is 9.59 Å². The van der Waals surface area contributed by atoms with Crippen LogP contribution in [0.1, 0.15) is 71.4 Å². The van der Waals surface area contributed by atoms with Crippen molar-refractivity contribution in [3.8, 4) is 0 Å². The maximum Gasteiger partial charge on any atom is 0.255 e. The van der Waals surface area contributed by atoms with Crippen LogP contribution in [0.25, 0.3) is 0 Å². The van der Waals surface area contributed by atoms with Crippen molar-refractivity contribution >= 4 is 17.5 Å². The monoisotopic (exact) mass is 395 g/mol. The molecule has 0 aliphatic rings. The standard InChI is InChI=1S/C24H33N3O2/c1-16(2)20-8-7-9-21(17(3)4)22(20)26-24(29)19-12-10-18(11-13-19)23(28)25-14-15-27(5)6/h7-13,16-17H,14-15H2,1-6H3,(H,25,28)(H,26,29). The molecule has 156 valence electrons. The van der Waals surface area contributed by atoms with Crippen molar-refractivity contribution in [3.63, 3.8) is 0 Å². The summed E-state index contributed by atoms with van der Waals surface area (Å²) in [5, 5.41) is 5.99. The predicted molar refractivity (Wildman–Crippen MR) is 120 cm³/mol. The second-order valence-corrected chi connectivity index (χ2v) is 8.21. The summed E-state index contributed by atoms with van der Waals surface area (Å²) in [6.07, 6.45) is 0. The molecule has 29 heavy (non-hydrogen) atoms. The Morgan fingerprint density at radius 3 is 1.76 bits per heavy atom. The molecule has 5 nitrogen and oxygen atoms in total. The van der Waals surface area contributed by atoms with E-state index in [1.165, 1.54) is 0 Å². The Balaban J connectivity index is 2.15. The lowest BCUT2D eigenvalue weighted by Crippen LogP contribution is -2.31. The van der Waals surface area contributed by atoms with E-state index < -0.39 is 0 Å². The third kappa shape index (κ3) is 6.16. The highest BCUT2D eigenvalue weighted by molar-refractivity contribution is 6.06. The molecule has 0 unspecified atom stereocenters. The summed E-state index contributed by atoms with van der Waals surface area (Å²) in [7, 11) is 3.92. The maximum absolute atomic E-state index is 12.9. The van der Waals surface area contributed by atoms with Gasteiger partial charge in [0.25, 0.3) is 11.8 Å². The smallest absolute Gasteiger partial charge is 0.255 e. The summed E-state index contributed by atoms with van der Waals surface area (Å²) >= 11 is 0. The lowest BCUT2D eigenvalue weighted by atomic mass is 9.92. The number of hydrogen-bond donors (Lipinski definition) is 2. The first kappa shape index (κ1) is 22.6. The number of carbonyl (C=O) groups is 2. The van der Waals surface area contributed by atoms with Crippen molar-refractivity contribution in [3.05, 3.63) is 64.7 Å². The van der Waals surface area contributed by atoms with Crippen LogP contribution in [0.3, 0.4) is 0 Å². The highest BCUT2D eigenvalue weighted by Crippen LogP contribution is 2.32. The quantitative estimate of drug-likeness (QED) is 0.693. The van der Waals surface area contributed by atoms with E-state index in [1.54, 1.807) is 24.3 Å². The number of benzene rings is 2. The second kappa shape index (κ2) is 10.2. The molecule has 2 N–H and O–H groups in total. The van der Waals surface area contributed by atoms with Gasteiger partial charge in [-0.1, -0.05) is 45.9 Å². The van der Waals surface area contributed by atoms with E-state index in [0.29, 0.717) is 29.5 Å². The Bertz CT molecular complexity index is 813. The molecule has 0 aliphatic heterocycles. The van der Waals surface area contributed by atoms with E-state index in [4.69, 9.17) is 0 Å². The van der Waals surface area contributed by atoms with Crippen molar-refractivity contribution in [1.82, 2.24) is 10.2 Å². The fourth-order valence-electron chi connectivity index (χ4n) is 3.15. The van der Waals surface area contributed by atoms with Crippen molar-refractivity contribution in [1.29, 1.82) is 0 Å². The summed E-state index contributed by atoms with van der Waals surface area (Å²) in [5.74, 6) is 0.306. The Morgan fingerprint density at radius 1 is 0.828 bits per heavy atom. The minimum absolute atomic E-state index is 0.133. The molecule has 5 heteroatoms. The van der Waals surface area contributed by atoms with Gasteiger partial charge in [0.2, 0.25) is 0 Å². The van der Waals surface area contributed by atoms with Crippen LogP contribution in [0.4, 0.5) is 5.69 Å². The third-order valence-electron chi connectivity index (χ3n) is 4.87. The van der Waals surface area contributed by atoms with Gasteiger partial charge in [0, 0.05) is 29.9 Å². The number of amides is 2. The summed E-state index contributed by atoms with van der Waals surface area (Å²) in [6.45, 7) is 9.85. The van der Waals surface area contributed by atoms with Gasteiger partial charge in [0.1, 0.15) is 0 Å². The molecule has 0 fully saturated rings. The molecule has 0 radical (unpaired) electrons. The fraction of sp³-hybridized carbons (Fsp3) is 0.417. The lowest BCUT2D eigenvalue weighted by Gasteiger charge is -2.20. The summed E-state index contributed by atoms with van der Waals surface area (Å²) < 4.78 is 0. The van der Waals surface area contributed by atoms with Gasteiger partial charge in [-0.25, -0.2) is 0 Å². The first-order valence-corrected chi connectivity index (χ1v) is 10.2. The Kier molecular flexibility index (Phi) is 7.97. The molecule has 0 atom stereocenters. The summed E-state index contributed by atoms with van der Waals surface area (Å²) in [5.41, 5.74) is 4.23. The maximum atomic E-state index is 12.9. The van der Waals surface area contributed by atoms with E-state index in [-0.39, 0.29) is 11.8 Å². The molecule has 0 heterocycles. The largest absolute Gasteiger partial charge is 0.351 e. The molecular weight excluding hydrogens is 362 g/mol. The summed E-state index contributed by atoms with van der Waals surface area (Å²) in [6, 6.07) is 13.0. The van der Waals surface area contributed by atoms with E-state index in [0.717, 1.165) is 23.4 Å². The highest BCUT2D eigenvalue weighted by Gasteiger charge is 2.17. The molecule has 2 aromatic rings. The van der Waals surface area contributed by atoms with E-state index in [2.05, 4.69) is 50.5 Å².